The van der Waals surface area contributed by atoms with Gasteiger partial charge in [-0.25, -0.2) is 0 Å². The van der Waals surface area contributed by atoms with E-state index in [0.717, 1.165) is 42.9 Å². The minimum absolute atomic E-state index is 0.286. The van der Waals surface area contributed by atoms with Crippen LogP contribution in [0.25, 0.3) is 0 Å². The Kier molecular flexibility index (Phi) is 4.04. The number of rotatable bonds is 4. The summed E-state index contributed by atoms with van der Waals surface area (Å²) < 4.78 is 6.28. The molecule has 0 aromatic carbocycles. The molecule has 4 fully saturated rings. The molecule has 0 aromatic rings. The third kappa shape index (κ3) is 2.67. The highest BCUT2D eigenvalue weighted by Gasteiger charge is 2.48. The number of nitrogens with one attached hydrogen (secondary N) is 1. The molecule has 1 N–H and O–H groups in total. The number of hydrogen-bond donors (Lipinski definition) is 1. The van der Waals surface area contributed by atoms with E-state index in [9.17, 15) is 0 Å². The normalized spacial score (nSPS) is 42.7. The van der Waals surface area contributed by atoms with Gasteiger partial charge in [0.1, 0.15) is 0 Å². The summed E-state index contributed by atoms with van der Waals surface area (Å²) in [7, 11) is 0. The number of fused-ring (bicyclic) bond motifs is 2. The van der Waals surface area contributed by atoms with Gasteiger partial charge >= 0.3 is 0 Å². The van der Waals surface area contributed by atoms with Gasteiger partial charge < -0.3 is 10.1 Å². The van der Waals surface area contributed by atoms with Crippen molar-refractivity contribution in [3.8, 4) is 0 Å². The predicted molar refractivity (Wildman–Crippen MR) is 86.3 cm³/mol. The maximum absolute atomic E-state index is 6.28. The molecule has 0 amide bonds. The van der Waals surface area contributed by atoms with E-state index in [1.807, 2.05) is 0 Å². The smallest absolute Gasteiger partial charge is 0.0685 e. The van der Waals surface area contributed by atoms with E-state index in [-0.39, 0.29) is 5.60 Å². The summed E-state index contributed by atoms with van der Waals surface area (Å²) in [5, 5.41) is 3.93. The van der Waals surface area contributed by atoms with E-state index in [1.165, 1.54) is 57.8 Å². The van der Waals surface area contributed by atoms with Gasteiger partial charge in [-0.05, 0) is 75.2 Å². The molecule has 5 atom stereocenters. The zero-order chi connectivity index (χ0) is 14.3. The van der Waals surface area contributed by atoms with Crippen molar-refractivity contribution in [2.75, 3.05) is 13.2 Å². The van der Waals surface area contributed by atoms with Crippen molar-refractivity contribution < 1.29 is 4.74 Å². The van der Waals surface area contributed by atoms with Crippen molar-refractivity contribution in [1.82, 2.24) is 5.32 Å². The van der Waals surface area contributed by atoms with Crippen LogP contribution in [0.2, 0.25) is 0 Å². The third-order valence-electron chi connectivity index (χ3n) is 7.25. The SMILES string of the molecule is CCNC(C1CCOC2(CCCC2)C1)C1CC2CCC1C2. The Morgan fingerprint density at radius 2 is 2.00 bits per heavy atom. The quantitative estimate of drug-likeness (QED) is 0.840. The van der Waals surface area contributed by atoms with Crippen LogP contribution in [0.5, 0.6) is 0 Å². The highest BCUT2D eigenvalue weighted by atomic mass is 16.5. The van der Waals surface area contributed by atoms with Crippen LogP contribution >= 0.6 is 0 Å². The first-order valence-corrected chi connectivity index (χ1v) is 9.67. The first-order valence-electron chi connectivity index (χ1n) is 9.67. The molecule has 4 rings (SSSR count). The van der Waals surface area contributed by atoms with Gasteiger partial charge in [0.15, 0.2) is 0 Å². The topological polar surface area (TPSA) is 21.3 Å². The molecule has 1 heterocycles. The lowest BCUT2D eigenvalue weighted by Crippen LogP contribution is -2.50. The Hall–Kier alpha value is -0.0800. The van der Waals surface area contributed by atoms with Gasteiger partial charge in [-0.15, -0.1) is 0 Å². The van der Waals surface area contributed by atoms with Crippen molar-refractivity contribution in [3.63, 3.8) is 0 Å². The fourth-order valence-electron chi connectivity index (χ4n) is 6.38. The van der Waals surface area contributed by atoms with Gasteiger partial charge in [-0.3, -0.25) is 0 Å². The Morgan fingerprint density at radius 1 is 1.14 bits per heavy atom. The van der Waals surface area contributed by atoms with E-state index in [0.29, 0.717) is 0 Å². The fraction of sp³-hybridized carbons (Fsp3) is 1.00. The van der Waals surface area contributed by atoms with Crippen molar-refractivity contribution >= 4 is 0 Å². The summed E-state index contributed by atoms with van der Waals surface area (Å²) in [4.78, 5) is 0. The summed E-state index contributed by atoms with van der Waals surface area (Å²) >= 11 is 0. The molecule has 1 saturated heterocycles. The molecule has 0 aromatic heterocycles. The van der Waals surface area contributed by atoms with Gasteiger partial charge in [0.05, 0.1) is 5.60 Å². The molecule has 120 valence electrons. The number of hydrogen-bond acceptors (Lipinski definition) is 2. The maximum atomic E-state index is 6.28. The molecule has 0 radical (unpaired) electrons. The van der Waals surface area contributed by atoms with E-state index < -0.39 is 0 Å². The average molecular weight is 291 g/mol. The van der Waals surface area contributed by atoms with Crippen molar-refractivity contribution in [2.24, 2.45) is 23.7 Å². The lowest BCUT2D eigenvalue weighted by molar-refractivity contribution is -0.102. The third-order valence-corrected chi connectivity index (χ3v) is 7.25. The Balaban J connectivity index is 1.48. The molecule has 3 aliphatic carbocycles. The standard InChI is InChI=1S/C19H33NO/c1-2-20-18(17-12-14-5-6-15(17)11-14)16-7-10-21-19(13-16)8-3-4-9-19/h14-18,20H,2-13H2,1H3. The van der Waals surface area contributed by atoms with Crippen LogP contribution in [0, 0.1) is 23.7 Å². The largest absolute Gasteiger partial charge is 0.375 e. The van der Waals surface area contributed by atoms with Gasteiger partial charge in [0.2, 0.25) is 0 Å². The molecule has 1 aliphatic heterocycles. The molecule has 3 saturated carbocycles. The molecule has 4 aliphatic rings. The molecule has 2 bridgehead atoms. The molecule has 21 heavy (non-hydrogen) atoms. The Morgan fingerprint density at radius 3 is 2.67 bits per heavy atom. The Bertz CT molecular complexity index is 363. The molecular formula is C19H33NO. The molecule has 2 heteroatoms. The van der Waals surface area contributed by atoms with Crippen molar-refractivity contribution in [1.29, 1.82) is 0 Å². The predicted octanol–water partition coefficient (Wildman–Crippen LogP) is 4.14. The monoisotopic (exact) mass is 291 g/mol. The van der Waals surface area contributed by atoms with E-state index in [1.54, 1.807) is 6.42 Å². The average Bonchev–Trinajstić information content (AvgIpc) is 3.22. The first kappa shape index (κ1) is 14.5. The zero-order valence-corrected chi connectivity index (χ0v) is 13.8. The van der Waals surface area contributed by atoms with Gasteiger partial charge in [0.25, 0.3) is 0 Å². The van der Waals surface area contributed by atoms with Crippen LogP contribution in [0.15, 0.2) is 0 Å². The van der Waals surface area contributed by atoms with Crippen LogP contribution in [0.4, 0.5) is 0 Å². The minimum atomic E-state index is 0.286. The van der Waals surface area contributed by atoms with Crippen LogP contribution < -0.4 is 5.32 Å². The molecular weight excluding hydrogens is 258 g/mol. The first-order chi connectivity index (χ1) is 10.3. The van der Waals surface area contributed by atoms with Crippen LogP contribution in [0.1, 0.15) is 71.1 Å². The van der Waals surface area contributed by atoms with E-state index in [2.05, 4.69) is 12.2 Å². The van der Waals surface area contributed by atoms with Gasteiger partial charge in [0, 0.05) is 12.6 Å². The van der Waals surface area contributed by atoms with E-state index >= 15 is 0 Å². The summed E-state index contributed by atoms with van der Waals surface area (Å²) in [5.74, 6) is 3.97. The molecule has 5 unspecified atom stereocenters. The van der Waals surface area contributed by atoms with Crippen LogP contribution in [-0.2, 0) is 4.74 Å². The molecule has 1 spiro atoms. The minimum Gasteiger partial charge on any atom is -0.375 e. The summed E-state index contributed by atoms with van der Waals surface area (Å²) in [6, 6.07) is 0.784. The van der Waals surface area contributed by atoms with E-state index in [4.69, 9.17) is 4.74 Å². The maximum Gasteiger partial charge on any atom is 0.0685 e. The zero-order valence-electron chi connectivity index (χ0n) is 13.8. The van der Waals surface area contributed by atoms with Gasteiger partial charge in [-0.1, -0.05) is 26.2 Å². The lowest BCUT2D eigenvalue weighted by atomic mass is 9.72. The highest BCUT2D eigenvalue weighted by Crippen LogP contribution is 2.52. The fourth-order valence-corrected chi connectivity index (χ4v) is 6.38. The van der Waals surface area contributed by atoms with Crippen molar-refractivity contribution in [3.05, 3.63) is 0 Å². The second-order valence-corrected chi connectivity index (χ2v) is 8.41. The van der Waals surface area contributed by atoms with Crippen molar-refractivity contribution in [2.45, 2.75) is 82.8 Å². The summed E-state index contributed by atoms with van der Waals surface area (Å²) in [6.07, 6.45) is 14.2. The second kappa shape index (κ2) is 5.85. The van der Waals surface area contributed by atoms with Crippen LogP contribution in [0.3, 0.4) is 0 Å². The highest BCUT2D eigenvalue weighted by molar-refractivity contribution is 5.01. The Labute approximate surface area is 130 Å². The summed E-state index contributed by atoms with van der Waals surface area (Å²) in [6.45, 7) is 4.46. The van der Waals surface area contributed by atoms with Crippen LogP contribution in [-0.4, -0.2) is 24.8 Å². The molecule has 2 nitrogen and oxygen atoms in total. The second-order valence-electron chi connectivity index (χ2n) is 8.41. The van der Waals surface area contributed by atoms with Gasteiger partial charge in [-0.2, -0.15) is 0 Å². The number of ether oxygens (including phenoxy) is 1. The summed E-state index contributed by atoms with van der Waals surface area (Å²) in [5.41, 5.74) is 0.286. The lowest BCUT2D eigenvalue weighted by Gasteiger charge is -2.44.